The van der Waals surface area contributed by atoms with Gasteiger partial charge in [-0.25, -0.2) is 9.59 Å². The number of hydrogen-bond acceptors (Lipinski definition) is 6. The molecule has 0 amide bonds. The second-order valence-corrected chi connectivity index (χ2v) is 8.36. The number of carbonyl (C=O) groups excluding carboxylic acids is 2. The fourth-order valence-electron chi connectivity index (χ4n) is 4.72. The molecule has 2 atom stereocenters. The minimum absolute atomic E-state index is 0.425. The topological polar surface area (TPSA) is 65.1 Å². The number of carbonyl (C=O) groups is 2. The quantitative estimate of drug-likeness (QED) is 0.372. The van der Waals surface area contributed by atoms with E-state index in [2.05, 4.69) is 11.8 Å². The van der Waals surface area contributed by atoms with Crippen LogP contribution in [0.4, 0.5) is 0 Å². The van der Waals surface area contributed by atoms with Crippen LogP contribution in [0.25, 0.3) is 0 Å². The van der Waals surface area contributed by atoms with E-state index < -0.39 is 23.8 Å². The van der Waals surface area contributed by atoms with Crippen molar-refractivity contribution in [3.63, 3.8) is 0 Å². The Kier molecular flexibility index (Phi) is 6.33. The predicted octanol–water partition coefficient (Wildman–Crippen LogP) is 4.04. The van der Waals surface area contributed by atoms with Crippen molar-refractivity contribution in [2.75, 3.05) is 13.7 Å². The van der Waals surface area contributed by atoms with Crippen LogP contribution in [0.5, 0.6) is 5.75 Å². The predicted molar refractivity (Wildman–Crippen MR) is 120 cm³/mol. The molecule has 0 N–H and O–H groups in total. The molecule has 2 aromatic carbocycles. The molecular formula is C26H29NO5. The summed E-state index contributed by atoms with van der Waals surface area (Å²) in [4.78, 5) is 27.2. The summed E-state index contributed by atoms with van der Waals surface area (Å²) in [5.74, 6) is -1.11. The van der Waals surface area contributed by atoms with Crippen molar-refractivity contribution in [3.05, 3.63) is 76.9 Å². The Morgan fingerprint density at radius 1 is 1.03 bits per heavy atom. The van der Waals surface area contributed by atoms with Crippen molar-refractivity contribution in [3.8, 4) is 5.75 Å². The molecule has 0 radical (unpaired) electrons. The van der Waals surface area contributed by atoms with Crippen LogP contribution in [0.15, 0.2) is 65.7 Å². The van der Waals surface area contributed by atoms with Gasteiger partial charge in [0, 0.05) is 19.5 Å². The third-order valence-corrected chi connectivity index (χ3v) is 6.37. The van der Waals surface area contributed by atoms with Gasteiger partial charge >= 0.3 is 11.9 Å². The maximum absolute atomic E-state index is 12.7. The van der Waals surface area contributed by atoms with Crippen LogP contribution in [0.2, 0.25) is 0 Å². The molecule has 0 aromatic heterocycles. The summed E-state index contributed by atoms with van der Waals surface area (Å²) in [6, 6.07) is 17.8. The molecule has 2 unspecified atom stereocenters. The first-order chi connectivity index (χ1) is 15.5. The Hall–Kier alpha value is -3.12. The number of fused-ring (bicyclic) bond motifs is 4. The molecule has 0 saturated carbocycles. The van der Waals surface area contributed by atoms with E-state index in [1.54, 1.807) is 7.11 Å². The number of ether oxygens (including phenoxy) is 3. The van der Waals surface area contributed by atoms with Gasteiger partial charge in [-0.3, -0.25) is 4.90 Å². The lowest BCUT2D eigenvalue weighted by Gasteiger charge is -2.51. The highest BCUT2D eigenvalue weighted by Gasteiger charge is 2.52. The molecule has 32 heavy (non-hydrogen) atoms. The minimum atomic E-state index is -1.07. The van der Waals surface area contributed by atoms with Gasteiger partial charge in [-0.05, 0) is 47.8 Å². The molecule has 3 heterocycles. The molecule has 3 aliphatic heterocycles. The Morgan fingerprint density at radius 3 is 2.41 bits per heavy atom. The minimum Gasteiger partial charge on any atom is -0.497 e. The lowest BCUT2D eigenvalue weighted by atomic mass is 9.82. The molecule has 2 bridgehead atoms. The van der Waals surface area contributed by atoms with Crippen molar-refractivity contribution in [1.29, 1.82) is 0 Å². The van der Waals surface area contributed by atoms with Crippen molar-refractivity contribution < 1.29 is 23.8 Å². The standard InChI is InChI=1S/C26H29NO5/c1-4-8-22-18(2)26(15-19-11-13-21(30-3)14-12-19)27(16-20-9-6-5-7-10-20)17-23(22)31-24(28)25(29)32-26/h5-7,9-14,23H,4,8,15-17H2,1-3H3. The molecule has 2 aromatic rings. The number of nitrogens with zero attached hydrogens (tertiary/aromatic N) is 1. The van der Waals surface area contributed by atoms with Gasteiger partial charge in [-0.2, -0.15) is 0 Å². The maximum Gasteiger partial charge on any atom is 0.419 e. The Bertz CT molecular complexity index is 1010. The zero-order valence-corrected chi connectivity index (χ0v) is 18.8. The molecule has 3 aliphatic rings. The summed E-state index contributed by atoms with van der Waals surface area (Å²) < 4.78 is 16.9. The fourth-order valence-corrected chi connectivity index (χ4v) is 4.72. The maximum atomic E-state index is 12.7. The van der Waals surface area contributed by atoms with Crippen molar-refractivity contribution >= 4 is 11.9 Å². The lowest BCUT2D eigenvalue weighted by molar-refractivity contribution is -0.207. The second-order valence-electron chi connectivity index (χ2n) is 8.36. The first-order valence-electron chi connectivity index (χ1n) is 11.0. The van der Waals surface area contributed by atoms with E-state index in [1.165, 1.54) is 0 Å². The van der Waals surface area contributed by atoms with E-state index in [1.807, 2.05) is 61.5 Å². The van der Waals surface area contributed by atoms with Crippen molar-refractivity contribution in [2.24, 2.45) is 0 Å². The van der Waals surface area contributed by atoms with Crippen molar-refractivity contribution in [2.45, 2.75) is 51.5 Å². The van der Waals surface area contributed by atoms with E-state index in [9.17, 15) is 9.59 Å². The summed E-state index contributed by atoms with van der Waals surface area (Å²) >= 11 is 0. The molecule has 0 aliphatic carbocycles. The van der Waals surface area contributed by atoms with Crippen LogP contribution in [-0.4, -0.2) is 42.3 Å². The molecule has 168 valence electrons. The highest BCUT2D eigenvalue weighted by Crippen LogP contribution is 2.42. The lowest BCUT2D eigenvalue weighted by Crippen LogP contribution is -2.62. The number of benzene rings is 2. The van der Waals surface area contributed by atoms with Gasteiger partial charge in [-0.1, -0.05) is 55.8 Å². The average molecular weight is 436 g/mol. The first kappa shape index (κ1) is 22.1. The number of rotatable bonds is 7. The Balaban J connectivity index is 1.83. The monoisotopic (exact) mass is 435 g/mol. The number of methoxy groups -OCH3 is 1. The average Bonchev–Trinajstić information content (AvgIpc) is 2.80. The molecule has 6 nitrogen and oxygen atoms in total. The van der Waals surface area contributed by atoms with Gasteiger partial charge in [-0.15, -0.1) is 0 Å². The molecule has 1 saturated heterocycles. The SMILES string of the molecule is CCCC1=C(C)C2(Cc3ccc(OC)cc3)OC(=O)C(=O)OC1CN2Cc1ccccc1. The van der Waals surface area contributed by atoms with Crippen LogP contribution >= 0.6 is 0 Å². The largest absolute Gasteiger partial charge is 0.497 e. The Morgan fingerprint density at radius 2 is 1.75 bits per heavy atom. The van der Waals surface area contributed by atoms with E-state index in [4.69, 9.17) is 14.2 Å². The van der Waals surface area contributed by atoms with E-state index >= 15 is 0 Å². The fraction of sp³-hybridized carbons (Fsp3) is 0.385. The Labute approximate surface area is 188 Å². The zero-order chi connectivity index (χ0) is 22.7. The van der Waals surface area contributed by atoms with Gasteiger partial charge in [0.2, 0.25) is 0 Å². The highest BCUT2D eigenvalue weighted by molar-refractivity contribution is 6.30. The van der Waals surface area contributed by atoms with E-state index in [-0.39, 0.29) is 0 Å². The van der Waals surface area contributed by atoms with Gasteiger partial charge < -0.3 is 14.2 Å². The summed E-state index contributed by atoms with van der Waals surface area (Å²) in [5, 5.41) is 0. The molecule has 1 fully saturated rings. The summed E-state index contributed by atoms with van der Waals surface area (Å²) in [6.45, 7) is 5.13. The van der Waals surface area contributed by atoms with Gasteiger partial charge in [0.25, 0.3) is 0 Å². The summed E-state index contributed by atoms with van der Waals surface area (Å²) in [7, 11) is 1.63. The molecular weight excluding hydrogens is 406 g/mol. The summed E-state index contributed by atoms with van der Waals surface area (Å²) in [5.41, 5.74) is 3.01. The molecule has 5 rings (SSSR count). The second kappa shape index (κ2) is 9.17. The number of esters is 2. The smallest absolute Gasteiger partial charge is 0.419 e. The summed E-state index contributed by atoms with van der Waals surface area (Å²) in [6.07, 6.45) is 1.66. The zero-order valence-electron chi connectivity index (χ0n) is 18.8. The van der Waals surface area contributed by atoms with Crippen LogP contribution in [0.3, 0.4) is 0 Å². The third-order valence-electron chi connectivity index (χ3n) is 6.37. The van der Waals surface area contributed by atoms with Crippen molar-refractivity contribution in [1.82, 2.24) is 4.90 Å². The van der Waals surface area contributed by atoms with Gasteiger partial charge in [0.1, 0.15) is 11.9 Å². The van der Waals surface area contributed by atoms with Gasteiger partial charge in [0.05, 0.1) is 7.11 Å². The van der Waals surface area contributed by atoms with Crippen LogP contribution in [-0.2, 0) is 32.0 Å². The van der Waals surface area contributed by atoms with E-state index in [0.29, 0.717) is 19.5 Å². The van der Waals surface area contributed by atoms with E-state index in [0.717, 1.165) is 40.9 Å². The molecule has 0 spiro atoms. The van der Waals surface area contributed by atoms with Crippen LogP contribution in [0, 0.1) is 0 Å². The first-order valence-corrected chi connectivity index (χ1v) is 11.0. The highest BCUT2D eigenvalue weighted by atomic mass is 16.6. The van der Waals surface area contributed by atoms with Gasteiger partial charge in [0.15, 0.2) is 5.72 Å². The number of hydrogen-bond donors (Lipinski definition) is 0. The normalized spacial score (nSPS) is 23.4. The third kappa shape index (κ3) is 4.15. The van der Waals surface area contributed by atoms with Crippen LogP contribution < -0.4 is 4.74 Å². The molecule has 6 heteroatoms. The van der Waals surface area contributed by atoms with Crippen LogP contribution in [0.1, 0.15) is 37.8 Å².